The number of hydrogen-bond acceptors (Lipinski definition) is 3. The summed E-state index contributed by atoms with van der Waals surface area (Å²) in [5, 5.41) is 4.41. The van der Waals surface area contributed by atoms with Crippen molar-refractivity contribution in [3.05, 3.63) is 75.1 Å². The summed E-state index contributed by atoms with van der Waals surface area (Å²) in [6.07, 6.45) is 0. The highest BCUT2D eigenvalue weighted by molar-refractivity contribution is 5.82. The van der Waals surface area contributed by atoms with Crippen molar-refractivity contribution in [3.63, 3.8) is 0 Å². The topological polar surface area (TPSA) is 42.2 Å². The van der Waals surface area contributed by atoms with E-state index in [0.717, 1.165) is 22.2 Å². The average Bonchev–Trinajstić information content (AvgIpc) is 2.51. The first kappa shape index (κ1) is 16.3. The molecule has 0 aliphatic carbocycles. The first-order chi connectivity index (χ1) is 11.4. The standard InChI is InChI=1S/C21H23NO2/c1-13(2)18-11-19-16(10-21(23)24-20(19)9-15(18)4)12-22-17-7-5-6-14(3)8-17/h5-11,13,22H,12H2,1-4H3. The molecule has 1 heterocycles. The molecule has 1 N–H and O–H groups in total. The number of hydrogen-bond donors (Lipinski definition) is 1. The maximum absolute atomic E-state index is 11.9. The van der Waals surface area contributed by atoms with Crippen molar-refractivity contribution >= 4 is 16.7 Å². The first-order valence-corrected chi connectivity index (χ1v) is 8.32. The van der Waals surface area contributed by atoms with Crippen LogP contribution < -0.4 is 10.9 Å². The molecule has 0 unspecified atom stereocenters. The van der Waals surface area contributed by atoms with E-state index < -0.39 is 0 Å². The summed E-state index contributed by atoms with van der Waals surface area (Å²) in [5.74, 6) is 0.430. The molecule has 2 aromatic carbocycles. The van der Waals surface area contributed by atoms with Crippen LogP contribution in [0.25, 0.3) is 11.0 Å². The maximum Gasteiger partial charge on any atom is 0.336 e. The van der Waals surface area contributed by atoms with Crippen LogP contribution in [0, 0.1) is 13.8 Å². The third-order valence-electron chi connectivity index (χ3n) is 4.34. The van der Waals surface area contributed by atoms with Crippen LogP contribution in [0.5, 0.6) is 0 Å². The minimum atomic E-state index is -0.305. The number of anilines is 1. The summed E-state index contributed by atoms with van der Waals surface area (Å²) in [6.45, 7) is 9.07. The van der Waals surface area contributed by atoms with E-state index in [0.29, 0.717) is 18.0 Å². The summed E-state index contributed by atoms with van der Waals surface area (Å²) in [5.41, 5.74) is 6.01. The fourth-order valence-corrected chi connectivity index (χ4v) is 3.11. The van der Waals surface area contributed by atoms with Gasteiger partial charge in [0.2, 0.25) is 0 Å². The van der Waals surface area contributed by atoms with Crippen molar-refractivity contribution < 1.29 is 4.42 Å². The van der Waals surface area contributed by atoms with Gasteiger partial charge in [-0.1, -0.05) is 26.0 Å². The van der Waals surface area contributed by atoms with Gasteiger partial charge >= 0.3 is 5.63 Å². The minimum absolute atomic E-state index is 0.305. The van der Waals surface area contributed by atoms with Crippen LogP contribution in [0.4, 0.5) is 5.69 Å². The molecule has 3 nitrogen and oxygen atoms in total. The predicted octanol–water partition coefficient (Wildman–Crippen LogP) is 5.15. The van der Waals surface area contributed by atoms with Crippen molar-refractivity contribution in [2.24, 2.45) is 0 Å². The van der Waals surface area contributed by atoms with Gasteiger partial charge in [-0.3, -0.25) is 0 Å². The van der Waals surface area contributed by atoms with Crippen LogP contribution >= 0.6 is 0 Å². The van der Waals surface area contributed by atoms with Crippen molar-refractivity contribution in [1.82, 2.24) is 0 Å². The molecule has 0 saturated heterocycles. The van der Waals surface area contributed by atoms with Crippen molar-refractivity contribution in [1.29, 1.82) is 0 Å². The lowest BCUT2D eigenvalue weighted by molar-refractivity contribution is 0.558. The number of rotatable bonds is 4. The largest absolute Gasteiger partial charge is 0.423 e. The minimum Gasteiger partial charge on any atom is -0.423 e. The van der Waals surface area contributed by atoms with Crippen LogP contribution in [0.2, 0.25) is 0 Å². The van der Waals surface area contributed by atoms with E-state index in [2.05, 4.69) is 51.2 Å². The number of benzene rings is 2. The Kier molecular flexibility index (Phi) is 4.43. The smallest absolute Gasteiger partial charge is 0.336 e. The average molecular weight is 321 g/mol. The van der Waals surface area contributed by atoms with Gasteiger partial charge in [0, 0.05) is 23.7 Å². The molecule has 24 heavy (non-hydrogen) atoms. The third kappa shape index (κ3) is 3.35. The second-order valence-corrected chi connectivity index (χ2v) is 6.67. The molecule has 0 spiro atoms. The Labute approximate surface area is 142 Å². The number of aryl methyl sites for hydroxylation is 2. The van der Waals surface area contributed by atoms with Gasteiger partial charge in [-0.2, -0.15) is 0 Å². The van der Waals surface area contributed by atoms with Gasteiger partial charge in [0.1, 0.15) is 5.58 Å². The molecule has 0 bridgehead atoms. The van der Waals surface area contributed by atoms with Gasteiger partial charge in [-0.15, -0.1) is 0 Å². The zero-order valence-corrected chi connectivity index (χ0v) is 14.6. The molecule has 0 amide bonds. The van der Waals surface area contributed by atoms with Gasteiger partial charge in [0.15, 0.2) is 0 Å². The predicted molar refractivity (Wildman–Crippen MR) is 99.8 cm³/mol. The van der Waals surface area contributed by atoms with E-state index in [1.165, 1.54) is 11.1 Å². The molecule has 0 fully saturated rings. The second kappa shape index (κ2) is 6.52. The SMILES string of the molecule is Cc1cccc(NCc2cc(=O)oc3cc(C)c(C(C)C)cc23)c1. The quantitative estimate of drug-likeness (QED) is 0.676. The Hall–Kier alpha value is -2.55. The van der Waals surface area contributed by atoms with Crippen LogP contribution in [0.15, 0.2) is 51.7 Å². The molecule has 0 radical (unpaired) electrons. The van der Waals surface area contributed by atoms with Gasteiger partial charge in [0.25, 0.3) is 0 Å². The molecule has 3 rings (SSSR count). The second-order valence-electron chi connectivity index (χ2n) is 6.67. The Morgan fingerprint density at radius 1 is 1.08 bits per heavy atom. The van der Waals surface area contributed by atoms with Crippen LogP contribution in [-0.2, 0) is 6.54 Å². The maximum atomic E-state index is 11.9. The van der Waals surface area contributed by atoms with Crippen molar-refractivity contribution in [3.8, 4) is 0 Å². The summed E-state index contributed by atoms with van der Waals surface area (Å²) in [4.78, 5) is 11.9. The zero-order valence-electron chi connectivity index (χ0n) is 14.6. The normalized spacial score (nSPS) is 11.2. The highest BCUT2D eigenvalue weighted by Crippen LogP contribution is 2.27. The van der Waals surface area contributed by atoms with E-state index in [-0.39, 0.29) is 5.63 Å². The molecule has 3 aromatic rings. The summed E-state index contributed by atoms with van der Waals surface area (Å²) >= 11 is 0. The van der Waals surface area contributed by atoms with Gasteiger partial charge in [-0.25, -0.2) is 4.79 Å². The zero-order chi connectivity index (χ0) is 17.3. The Morgan fingerprint density at radius 2 is 1.88 bits per heavy atom. The lowest BCUT2D eigenvalue weighted by Crippen LogP contribution is -2.07. The first-order valence-electron chi connectivity index (χ1n) is 8.32. The highest BCUT2D eigenvalue weighted by Gasteiger charge is 2.11. The Morgan fingerprint density at radius 3 is 2.58 bits per heavy atom. The van der Waals surface area contributed by atoms with Crippen LogP contribution in [-0.4, -0.2) is 0 Å². The van der Waals surface area contributed by atoms with Gasteiger partial charge < -0.3 is 9.73 Å². The molecular weight excluding hydrogens is 298 g/mol. The molecule has 3 heteroatoms. The molecule has 0 saturated carbocycles. The van der Waals surface area contributed by atoms with E-state index in [1.54, 1.807) is 6.07 Å². The molecule has 0 aliphatic rings. The Balaban J connectivity index is 2.02. The Bertz CT molecular complexity index is 938. The fourth-order valence-electron chi connectivity index (χ4n) is 3.11. The van der Waals surface area contributed by atoms with E-state index in [1.807, 2.05) is 18.2 Å². The third-order valence-corrected chi connectivity index (χ3v) is 4.34. The van der Waals surface area contributed by atoms with Crippen LogP contribution in [0.3, 0.4) is 0 Å². The molecule has 0 aliphatic heterocycles. The van der Waals surface area contributed by atoms with Crippen molar-refractivity contribution in [2.45, 2.75) is 40.2 Å². The molecule has 124 valence electrons. The molecular formula is C21H23NO2. The van der Waals surface area contributed by atoms with Gasteiger partial charge in [-0.05, 0) is 66.3 Å². The lowest BCUT2D eigenvalue weighted by atomic mass is 9.95. The molecule has 0 atom stereocenters. The van der Waals surface area contributed by atoms with E-state index in [9.17, 15) is 4.79 Å². The van der Waals surface area contributed by atoms with Crippen LogP contribution in [0.1, 0.15) is 42.0 Å². The number of nitrogens with one attached hydrogen (secondary N) is 1. The van der Waals surface area contributed by atoms with E-state index >= 15 is 0 Å². The van der Waals surface area contributed by atoms with E-state index in [4.69, 9.17) is 4.42 Å². The summed E-state index contributed by atoms with van der Waals surface area (Å²) in [7, 11) is 0. The fraction of sp³-hybridized carbons (Fsp3) is 0.286. The molecule has 1 aromatic heterocycles. The summed E-state index contributed by atoms with van der Waals surface area (Å²) in [6, 6.07) is 13.9. The monoisotopic (exact) mass is 321 g/mol. The highest BCUT2D eigenvalue weighted by atomic mass is 16.4. The lowest BCUT2D eigenvalue weighted by Gasteiger charge is -2.14. The van der Waals surface area contributed by atoms with Crippen molar-refractivity contribution in [2.75, 3.05) is 5.32 Å². The number of fused-ring (bicyclic) bond motifs is 1. The van der Waals surface area contributed by atoms with Gasteiger partial charge in [0.05, 0.1) is 0 Å². The summed E-state index contributed by atoms with van der Waals surface area (Å²) < 4.78 is 5.41.